The quantitative estimate of drug-likeness (QED) is 0.921. The summed E-state index contributed by atoms with van der Waals surface area (Å²) in [5.41, 5.74) is 0.955. The topological polar surface area (TPSA) is 59.3 Å². The van der Waals surface area contributed by atoms with Gasteiger partial charge in [0.2, 0.25) is 10.0 Å². The molecule has 0 aromatic carbocycles. The van der Waals surface area contributed by atoms with Gasteiger partial charge >= 0.3 is 0 Å². The van der Waals surface area contributed by atoms with E-state index in [1.807, 2.05) is 0 Å². The van der Waals surface area contributed by atoms with Gasteiger partial charge in [0.1, 0.15) is 4.21 Å². The summed E-state index contributed by atoms with van der Waals surface area (Å²) < 4.78 is 31.7. The van der Waals surface area contributed by atoms with Crippen LogP contribution in [0.3, 0.4) is 0 Å². The monoisotopic (exact) mass is 291 g/mol. The number of hydrogen-bond acceptors (Lipinski definition) is 4. The maximum Gasteiger partial charge on any atom is 0.250 e. The first kappa shape index (κ1) is 12.6. The van der Waals surface area contributed by atoms with Crippen LogP contribution in [0.15, 0.2) is 39.4 Å². The molecule has 1 N–H and O–H groups in total. The summed E-state index contributed by atoms with van der Waals surface area (Å²) in [4.78, 5) is 0. The van der Waals surface area contributed by atoms with Crippen molar-refractivity contribution in [3.05, 3.63) is 40.6 Å². The summed E-state index contributed by atoms with van der Waals surface area (Å²) in [6, 6.07) is 4.86. The molecule has 0 aliphatic carbocycles. The third-order valence-corrected chi connectivity index (χ3v) is 5.28. The van der Waals surface area contributed by atoms with Crippen molar-refractivity contribution >= 4 is 33.0 Å². The van der Waals surface area contributed by atoms with E-state index in [1.54, 1.807) is 24.7 Å². The Hall–Kier alpha value is -0.820. The van der Waals surface area contributed by atoms with Gasteiger partial charge in [-0.1, -0.05) is 11.6 Å². The van der Waals surface area contributed by atoms with Gasteiger partial charge in [0.05, 0.1) is 16.9 Å². The van der Waals surface area contributed by atoms with Crippen molar-refractivity contribution in [3.63, 3.8) is 0 Å². The molecule has 0 aliphatic rings. The molecule has 0 unspecified atom stereocenters. The molecule has 0 amide bonds. The van der Waals surface area contributed by atoms with Crippen LogP contribution >= 0.6 is 22.9 Å². The van der Waals surface area contributed by atoms with Crippen LogP contribution in [0.25, 0.3) is 0 Å². The van der Waals surface area contributed by atoms with Gasteiger partial charge in [-0.25, -0.2) is 13.1 Å². The zero-order valence-corrected chi connectivity index (χ0v) is 11.1. The predicted octanol–water partition coefficient (Wildman–Crippen LogP) is 2.52. The van der Waals surface area contributed by atoms with E-state index in [9.17, 15) is 8.42 Å². The van der Waals surface area contributed by atoms with Crippen molar-refractivity contribution in [1.29, 1.82) is 0 Å². The van der Waals surface area contributed by atoms with E-state index < -0.39 is 10.0 Å². The summed E-state index contributed by atoms with van der Waals surface area (Å²) in [5, 5.41) is 0. The lowest BCUT2D eigenvalue weighted by Crippen LogP contribution is -2.25. The third kappa shape index (κ3) is 3.32. The van der Waals surface area contributed by atoms with Crippen LogP contribution in [0.2, 0.25) is 4.34 Å². The highest BCUT2D eigenvalue weighted by Crippen LogP contribution is 2.25. The van der Waals surface area contributed by atoms with E-state index in [4.69, 9.17) is 16.0 Å². The van der Waals surface area contributed by atoms with Gasteiger partial charge in [-0.3, -0.25) is 0 Å². The van der Waals surface area contributed by atoms with Crippen LogP contribution in [0.4, 0.5) is 0 Å². The number of furan rings is 1. The molecule has 0 radical (unpaired) electrons. The van der Waals surface area contributed by atoms with Gasteiger partial charge < -0.3 is 4.42 Å². The Labute approximate surface area is 108 Å². The van der Waals surface area contributed by atoms with E-state index in [1.165, 1.54) is 6.07 Å². The first-order valence-corrected chi connectivity index (χ1v) is 7.52. The van der Waals surface area contributed by atoms with E-state index in [-0.39, 0.29) is 4.21 Å². The van der Waals surface area contributed by atoms with Crippen LogP contribution in [-0.2, 0) is 16.4 Å². The fourth-order valence-corrected chi connectivity index (χ4v) is 3.84. The second-order valence-electron chi connectivity index (χ2n) is 3.34. The number of halogens is 1. The standard InChI is InChI=1S/C10H10ClNO3S2/c11-9-1-2-10(16-9)17(13,14)12-5-3-8-4-6-15-7-8/h1-2,4,6-7,12H,3,5H2. The summed E-state index contributed by atoms with van der Waals surface area (Å²) in [6.45, 7) is 0.331. The Kier molecular flexibility index (Phi) is 3.88. The van der Waals surface area contributed by atoms with Gasteiger partial charge in [-0.15, -0.1) is 11.3 Å². The average Bonchev–Trinajstić information content (AvgIpc) is 2.89. The molecule has 0 fully saturated rings. The molecule has 2 heterocycles. The number of hydrogen-bond donors (Lipinski definition) is 1. The molecule has 92 valence electrons. The maximum absolute atomic E-state index is 11.8. The van der Waals surface area contributed by atoms with E-state index >= 15 is 0 Å². The van der Waals surface area contributed by atoms with Gasteiger partial charge in [0, 0.05) is 6.54 Å². The minimum absolute atomic E-state index is 0.231. The van der Waals surface area contributed by atoms with E-state index in [2.05, 4.69) is 4.72 Å². The molecule has 0 aliphatic heterocycles. The van der Waals surface area contributed by atoms with E-state index in [0.29, 0.717) is 17.3 Å². The molecule has 17 heavy (non-hydrogen) atoms. The first-order chi connectivity index (χ1) is 8.08. The van der Waals surface area contributed by atoms with Gasteiger partial charge in [0.15, 0.2) is 0 Å². The van der Waals surface area contributed by atoms with Crippen molar-refractivity contribution < 1.29 is 12.8 Å². The molecule has 0 atom stereocenters. The molecule has 7 heteroatoms. The predicted molar refractivity (Wildman–Crippen MR) is 66.9 cm³/mol. The summed E-state index contributed by atoms with van der Waals surface area (Å²) in [5.74, 6) is 0. The van der Waals surface area contributed by atoms with Crippen LogP contribution in [0.5, 0.6) is 0 Å². The van der Waals surface area contributed by atoms with Crippen molar-refractivity contribution in [2.45, 2.75) is 10.6 Å². The molecule has 0 saturated carbocycles. The lowest BCUT2D eigenvalue weighted by atomic mass is 10.2. The fourth-order valence-electron chi connectivity index (χ4n) is 1.28. The molecule has 0 bridgehead atoms. The lowest BCUT2D eigenvalue weighted by molar-refractivity contribution is 0.562. The molecule has 0 saturated heterocycles. The smallest absolute Gasteiger partial charge is 0.250 e. The molecular formula is C10H10ClNO3S2. The number of thiophene rings is 1. The lowest BCUT2D eigenvalue weighted by Gasteiger charge is -2.02. The largest absolute Gasteiger partial charge is 0.472 e. The number of sulfonamides is 1. The molecule has 4 nitrogen and oxygen atoms in total. The number of nitrogens with one attached hydrogen (secondary N) is 1. The molecule has 2 rings (SSSR count). The Morgan fingerprint density at radius 2 is 2.18 bits per heavy atom. The highest BCUT2D eigenvalue weighted by molar-refractivity contribution is 7.91. The minimum atomic E-state index is -3.44. The first-order valence-electron chi connectivity index (χ1n) is 4.84. The van der Waals surface area contributed by atoms with Crippen molar-refractivity contribution in [1.82, 2.24) is 4.72 Å². The molecule has 0 spiro atoms. The second-order valence-corrected chi connectivity index (χ2v) is 7.05. The summed E-state index contributed by atoms with van der Waals surface area (Å²) in [7, 11) is -3.44. The third-order valence-electron chi connectivity index (χ3n) is 2.10. The van der Waals surface area contributed by atoms with Crippen molar-refractivity contribution in [3.8, 4) is 0 Å². The molecular weight excluding hydrogens is 282 g/mol. The number of rotatable bonds is 5. The Bertz CT molecular complexity index is 574. The van der Waals surface area contributed by atoms with Crippen LogP contribution in [0.1, 0.15) is 5.56 Å². The Balaban J connectivity index is 1.94. The van der Waals surface area contributed by atoms with E-state index in [0.717, 1.165) is 16.9 Å². The van der Waals surface area contributed by atoms with Crippen molar-refractivity contribution in [2.24, 2.45) is 0 Å². The van der Waals surface area contributed by atoms with Gasteiger partial charge in [0.25, 0.3) is 0 Å². The average molecular weight is 292 g/mol. The van der Waals surface area contributed by atoms with Crippen molar-refractivity contribution in [2.75, 3.05) is 6.54 Å². The van der Waals surface area contributed by atoms with Crippen LogP contribution in [-0.4, -0.2) is 15.0 Å². The SMILES string of the molecule is O=S(=O)(NCCc1ccoc1)c1ccc(Cl)s1. The highest BCUT2D eigenvalue weighted by Gasteiger charge is 2.15. The zero-order valence-electron chi connectivity index (χ0n) is 8.72. The Morgan fingerprint density at radius 3 is 2.76 bits per heavy atom. The second kappa shape index (κ2) is 5.22. The molecule has 2 aromatic heterocycles. The summed E-state index contributed by atoms with van der Waals surface area (Å²) in [6.07, 6.45) is 3.74. The zero-order chi connectivity index (χ0) is 12.3. The maximum atomic E-state index is 11.8. The normalized spacial score (nSPS) is 11.8. The molecule has 2 aromatic rings. The van der Waals surface area contributed by atoms with Crippen LogP contribution in [0, 0.1) is 0 Å². The summed E-state index contributed by atoms with van der Waals surface area (Å²) >= 11 is 6.73. The Morgan fingerprint density at radius 1 is 1.35 bits per heavy atom. The highest BCUT2D eigenvalue weighted by atomic mass is 35.5. The van der Waals surface area contributed by atoms with Gasteiger partial charge in [-0.2, -0.15) is 0 Å². The minimum Gasteiger partial charge on any atom is -0.472 e. The fraction of sp³-hybridized carbons (Fsp3) is 0.200. The van der Waals surface area contributed by atoms with Crippen LogP contribution < -0.4 is 4.72 Å². The van der Waals surface area contributed by atoms with Gasteiger partial charge in [-0.05, 0) is 30.2 Å².